The van der Waals surface area contributed by atoms with Crippen molar-refractivity contribution in [2.24, 2.45) is 0 Å². The molecule has 0 aliphatic carbocycles. The fourth-order valence-electron chi connectivity index (χ4n) is 3.59. The Morgan fingerprint density at radius 2 is 1.00 bits per heavy atom. The summed E-state index contributed by atoms with van der Waals surface area (Å²) in [5.41, 5.74) is 4.00. The molecule has 0 N–H and O–H groups in total. The van der Waals surface area contributed by atoms with Crippen LogP contribution in [0.3, 0.4) is 0 Å². The number of hydrogen-bond acceptors (Lipinski definition) is 0. The second-order valence-corrected chi connectivity index (χ2v) is 6.60. The van der Waals surface area contributed by atoms with Crippen LogP contribution in [-0.2, 0) is 5.41 Å². The van der Waals surface area contributed by atoms with E-state index in [0.29, 0.717) is 0 Å². The Balaban J connectivity index is 2.22. The van der Waals surface area contributed by atoms with Gasteiger partial charge >= 0.3 is 0 Å². The van der Waals surface area contributed by atoms with Gasteiger partial charge in [-0.1, -0.05) is 91.0 Å². The van der Waals surface area contributed by atoms with Crippen molar-refractivity contribution in [1.29, 1.82) is 0 Å². The van der Waals surface area contributed by atoms with Crippen molar-refractivity contribution in [3.8, 4) is 0 Å². The lowest BCUT2D eigenvalue weighted by Gasteiger charge is -2.36. The van der Waals surface area contributed by atoms with E-state index in [4.69, 9.17) is 0 Å². The maximum atomic E-state index is 2.73. The van der Waals surface area contributed by atoms with Gasteiger partial charge in [0.25, 0.3) is 0 Å². The smallest absolute Gasteiger partial charge is 0.0622 e. The average molecular weight is 331 g/mol. The first-order valence-electron chi connectivity index (χ1n) is 8.58. The third-order valence-electron chi connectivity index (χ3n) is 4.72. The van der Waals surface area contributed by atoms with E-state index in [2.05, 4.69) is 106 Å². The molecular formula is C23H24P+. The molecule has 0 aromatic heterocycles. The summed E-state index contributed by atoms with van der Waals surface area (Å²) >= 11 is 0. The van der Waals surface area contributed by atoms with Gasteiger partial charge in [0.1, 0.15) is 0 Å². The second kappa shape index (κ2) is 8.08. The maximum absolute atomic E-state index is 2.73. The Labute approximate surface area is 147 Å². The van der Waals surface area contributed by atoms with Crippen LogP contribution in [0.2, 0.25) is 0 Å². The number of rotatable bonds is 7. The highest BCUT2D eigenvalue weighted by Crippen LogP contribution is 2.43. The van der Waals surface area contributed by atoms with E-state index in [1.54, 1.807) is 0 Å². The van der Waals surface area contributed by atoms with Crippen LogP contribution in [0.5, 0.6) is 0 Å². The summed E-state index contributed by atoms with van der Waals surface area (Å²) < 4.78 is 0. The molecule has 1 heteroatoms. The highest BCUT2D eigenvalue weighted by molar-refractivity contribution is 7.18. The molecule has 1 atom stereocenters. The summed E-state index contributed by atoms with van der Waals surface area (Å²) in [4.78, 5) is 0. The van der Waals surface area contributed by atoms with Gasteiger partial charge in [0.05, 0.1) is 14.7 Å². The molecule has 0 saturated carbocycles. The zero-order valence-corrected chi connectivity index (χ0v) is 15.1. The predicted octanol–water partition coefficient (Wildman–Crippen LogP) is 5.87. The van der Waals surface area contributed by atoms with Crippen LogP contribution in [0.1, 0.15) is 36.0 Å². The Morgan fingerprint density at radius 3 is 1.33 bits per heavy atom. The molecule has 0 aliphatic rings. The first-order valence-corrected chi connectivity index (χ1v) is 9.24. The Kier molecular flexibility index (Phi) is 5.62. The van der Waals surface area contributed by atoms with Crippen LogP contribution in [0.4, 0.5) is 0 Å². The number of benzene rings is 3. The molecule has 0 fully saturated rings. The lowest BCUT2D eigenvalue weighted by Crippen LogP contribution is -2.29. The normalized spacial score (nSPS) is 11.2. The van der Waals surface area contributed by atoms with E-state index < -0.39 is 0 Å². The van der Waals surface area contributed by atoms with Crippen molar-refractivity contribution in [1.82, 2.24) is 0 Å². The van der Waals surface area contributed by atoms with Crippen LogP contribution >= 0.6 is 8.86 Å². The van der Waals surface area contributed by atoms with Gasteiger partial charge in [0.2, 0.25) is 0 Å². The predicted molar refractivity (Wildman–Crippen MR) is 109 cm³/mol. The van der Waals surface area contributed by atoms with Crippen molar-refractivity contribution < 1.29 is 0 Å². The quantitative estimate of drug-likeness (QED) is 0.289. The highest BCUT2D eigenvalue weighted by atomic mass is 31.0. The van der Waals surface area contributed by atoms with Gasteiger partial charge in [-0.3, -0.25) is 0 Å². The Bertz CT molecular complexity index is 651. The van der Waals surface area contributed by atoms with Crippen LogP contribution in [0, 0.1) is 0 Å². The first kappa shape index (κ1) is 16.7. The van der Waals surface area contributed by atoms with Gasteiger partial charge in [0.15, 0.2) is 0 Å². The molecule has 3 aromatic carbocycles. The van der Waals surface area contributed by atoms with Gasteiger partial charge in [-0.2, -0.15) is 0 Å². The Morgan fingerprint density at radius 1 is 0.625 bits per heavy atom. The average Bonchev–Trinajstić information content (AvgIpc) is 2.68. The van der Waals surface area contributed by atoms with Gasteiger partial charge in [-0.05, 0) is 29.5 Å². The number of unbranched alkanes of at least 4 members (excludes halogenated alkanes) is 1. The molecule has 0 aliphatic heterocycles. The van der Waals surface area contributed by atoms with E-state index in [9.17, 15) is 0 Å². The topological polar surface area (TPSA) is 0 Å². The van der Waals surface area contributed by atoms with Crippen molar-refractivity contribution >= 4 is 14.7 Å². The molecule has 0 radical (unpaired) electrons. The van der Waals surface area contributed by atoms with E-state index in [0.717, 1.165) is 19.3 Å². The minimum atomic E-state index is -0.0997. The molecule has 3 aromatic rings. The monoisotopic (exact) mass is 331 g/mol. The summed E-state index contributed by atoms with van der Waals surface area (Å²) in [6.07, 6.45) is 3.36. The van der Waals surface area contributed by atoms with Gasteiger partial charge in [-0.15, -0.1) is 0 Å². The van der Waals surface area contributed by atoms with Crippen LogP contribution < -0.4 is 0 Å². The summed E-state index contributed by atoms with van der Waals surface area (Å²) in [7, 11) is 2.73. The van der Waals surface area contributed by atoms with Gasteiger partial charge in [-0.25, -0.2) is 0 Å². The molecule has 0 amide bonds. The molecule has 1 unspecified atom stereocenters. The van der Waals surface area contributed by atoms with Crippen molar-refractivity contribution in [3.63, 3.8) is 0 Å². The van der Waals surface area contributed by atoms with Crippen molar-refractivity contribution in [2.75, 3.05) is 0 Å². The Hall–Kier alpha value is -2.17. The van der Waals surface area contributed by atoms with E-state index in [-0.39, 0.29) is 5.41 Å². The minimum Gasteiger partial charge on any atom is -0.0622 e. The van der Waals surface area contributed by atoms with E-state index >= 15 is 0 Å². The van der Waals surface area contributed by atoms with Crippen LogP contribution in [-0.4, -0.2) is 5.80 Å². The van der Waals surface area contributed by atoms with Crippen LogP contribution in [0.15, 0.2) is 91.0 Å². The zero-order chi connectivity index (χ0) is 16.7. The fraction of sp³-hybridized carbons (Fsp3) is 0.174. The zero-order valence-electron chi connectivity index (χ0n) is 13.9. The molecule has 0 nitrogen and oxygen atoms in total. The van der Waals surface area contributed by atoms with E-state index in [1.165, 1.54) is 16.7 Å². The van der Waals surface area contributed by atoms with Gasteiger partial charge in [0, 0.05) is 11.8 Å². The highest BCUT2D eigenvalue weighted by Gasteiger charge is 2.35. The molecule has 120 valence electrons. The molecule has 24 heavy (non-hydrogen) atoms. The molecular weight excluding hydrogens is 307 g/mol. The second-order valence-electron chi connectivity index (χ2n) is 6.13. The third-order valence-corrected chi connectivity index (χ3v) is 5.06. The third kappa shape index (κ3) is 3.35. The summed E-state index contributed by atoms with van der Waals surface area (Å²) in [6.45, 7) is 0. The number of hydrogen-bond donors (Lipinski definition) is 0. The maximum Gasteiger partial charge on any atom is 0.0803 e. The molecule has 3 rings (SSSR count). The molecule has 0 bridgehead atoms. The largest absolute Gasteiger partial charge is 0.0803 e. The van der Waals surface area contributed by atoms with Crippen LogP contribution in [0.25, 0.3) is 0 Å². The molecule has 0 saturated heterocycles. The van der Waals surface area contributed by atoms with E-state index in [1.807, 2.05) is 0 Å². The fourth-order valence-corrected chi connectivity index (χ4v) is 3.82. The SMILES string of the molecule is [PH2+]=CCCCC(c1ccccc1)(c1ccccc1)c1ccccc1. The summed E-state index contributed by atoms with van der Waals surface area (Å²) in [5, 5.41) is 0. The lowest BCUT2D eigenvalue weighted by atomic mass is 9.66. The summed E-state index contributed by atoms with van der Waals surface area (Å²) in [5.74, 6) is 2.19. The standard InChI is InChI=1S/C23H23P/c24-19-11-10-18-23(20-12-4-1-5-13-20,21-14-6-2-7-15-21)22-16-8-3-9-17-22/h1-9,12-17,19,24H,10-11,18H2/p+1. The van der Waals surface area contributed by atoms with Crippen molar-refractivity contribution in [3.05, 3.63) is 108 Å². The molecule has 0 heterocycles. The first-order chi connectivity index (χ1) is 11.9. The molecule has 0 spiro atoms. The van der Waals surface area contributed by atoms with Gasteiger partial charge < -0.3 is 0 Å². The summed E-state index contributed by atoms with van der Waals surface area (Å²) in [6, 6.07) is 32.8. The minimum absolute atomic E-state index is 0.0997. The lowest BCUT2D eigenvalue weighted by molar-refractivity contribution is 0.542. The van der Waals surface area contributed by atoms with Crippen molar-refractivity contribution in [2.45, 2.75) is 24.7 Å².